The van der Waals surface area contributed by atoms with E-state index >= 15 is 0 Å². The van der Waals surface area contributed by atoms with E-state index < -0.39 is 17.8 Å². The van der Waals surface area contributed by atoms with Gasteiger partial charge in [0.05, 0.1) is 6.10 Å². The number of hydrogen-bond acceptors (Lipinski definition) is 3. The quantitative estimate of drug-likeness (QED) is 0.516. The van der Waals surface area contributed by atoms with Crippen molar-refractivity contribution in [2.24, 2.45) is 46.3 Å². The number of allylic oxidation sites excluding steroid dienone is 3. The van der Waals surface area contributed by atoms with Crippen LogP contribution in [0.4, 0.5) is 0 Å². The van der Waals surface area contributed by atoms with Gasteiger partial charge in [0.1, 0.15) is 11.7 Å². The van der Waals surface area contributed by atoms with E-state index in [1.165, 1.54) is 24.8 Å². The molecule has 4 rings (SSSR count). The van der Waals surface area contributed by atoms with E-state index in [9.17, 15) is 15.3 Å². The van der Waals surface area contributed by atoms with Crippen LogP contribution in [0.1, 0.15) is 86.5 Å². The number of hydrogen-bond donors (Lipinski definition) is 3. The molecule has 3 heteroatoms. The molecule has 3 N–H and O–H groups in total. The fraction of sp³-hybridized carbons (Fsp3) is 0.857. The van der Waals surface area contributed by atoms with Gasteiger partial charge in [-0.2, -0.15) is 0 Å². The molecule has 3 saturated carbocycles. The van der Waals surface area contributed by atoms with Crippen LogP contribution in [0.5, 0.6) is 0 Å². The number of aliphatic hydroxyl groups is 3. The highest BCUT2D eigenvalue weighted by molar-refractivity contribution is 5.33. The van der Waals surface area contributed by atoms with Crippen molar-refractivity contribution in [3.05, 3.63) is 23.8 Å². The summed E-state index contributed by atoms with van der Waals surface area (Å²) in [6.07, 6.45) is 12.1. The zero-order valence-corrected chi connectivity index (χ0v) is 20.6. The summed E-state index contributed by atoms with van der Waals surface area (Å²) in [5, 5.41) is 32.9. The first-order valence-corrected chi connectivity index (χ1v) is 12.9. The van der Waals surface area contributed by atoms with Crippen LogP contribution in [0.15, 0.2) is 23.8 Å². The third-order valence-electron chi connectivity index (χ3n) is 10.7. The van der Waals surface area contributed by atoms with Crippen molar-refractivity contribution in [2.45, 2.75) is 104 Å². The van der Waals surface area contributed by atoms with Crippen LogP contribution in [0.3, 0.4) is 0 Å². The van der Waals surface area contributed by atoms with Crippen LogP contribution in [0, 0.1) is 46.3 Å². The smallest absolute Gasteiger partial charge is 0.102 e. The van der Waals surface area contributed by atoms with Crippen molar-refractivity contribution in [1.82, 2.24) is 0 Å². The zero-order valence-electron chi connectivity index (χ0n) is 20.6. The zero-order chi connectivity index (χ0) is 22.8. The highest BCUT2D eigenvalue weighted by Gasteiger charge is 2.64. The number of aliphatic hydroxyl groups excluding tert-OH is 2. The maximum atomic E-state index is 11.6. The number of fused-ring (bicyclic) bond motifs is 5. The lowest BCUT2D eigenvalue weighted by molar-refractivity contribution is -0.210. The van der Waals surface area contributed by atoms with Gasteiger partial charge in [-0.3, -0.25) is 0 Å². The van der Waals surface area contributed by atoms with E-state index in [0.29, 0.717) is 41.9 Å². The molecule has 10 atom stereocenters. The molecule has 4 aliphatic rings. The molecule has 4 aliphatic carbocycles. The molecule has 0 aromatic carbocycles. The molecule has 0 spiro atoms. The molecule has 0 aromatic heterocycles. The Hall–Kier alpha value is -0.640. The summed E-state index contributed by atoms with van der Waals surface area (Å²) < 4.78 is 0. The predicted octanol–water partition coefficient (Wildman–Crippen LogP) is 5.50. The lowest BCUT2D eigenvalue weighted by Crippen LogP contribution is -2.65. The van der Waals surface area contributed by atoms with Crippen LogP contribution in [0.2, 0.25) is 0 Å². The van der Waals surface area contributed by atoms with Gasteiger partial charge >= 0.3 is 0 Å². The second-order valence-corrected chi connectivity index (χ2v) is 12.5. The van der Waals surface area contributed by atoms with Crippen LogP contribution < -0.4 is 0 Å². The monoisotopic (exact) mass is 430 g/mol. The van der Waals surface area contributed by atoms with Crippen molar-refractivity contribution in [1.29, 1.82) is 0 Å². The Kier molecular flexibility index (Phi) is 6.06. The molecule has 0 amide bonds. The van der Waals surface area contributed by atoms with E-state index in [4.69, 9.17) is 0 Å². The van der Waals surface area contributed by atoms with E-state index in [1.807, 2.05) is 6.08 Å². The summed E-state index contributed by atoms with van der Waals surface area (Å²) in [5.74, 6) is 3.37. The van der Waals surface area contributed by atoms with Gasteiger partial charge in [-0.15, -0.1) is 0 Å². The van der Waals surface area contributed by atoms with Crippen molar-refractivity contribution in [2.75, 3.05) is 0 Å². The number of rotatable bonds is 4. The Bertz CT molecular complexity index is 741. The van der Waals surface area contributed by atoms with E-state index in [-0.39, 0.29) is 10.8 Å². The molecule has 0 aliphatic heterocycles. The molecule has 0 saturated heterocycles. The molecular weight excluding hydrogens is 384 g/mol. The van der Waals surface area contributed by atoms with Gasteiger partial charge in [-0.25, -0.2) is 0 Å². The average Bonchev–Trinajstić information content (AvgIpc) is 3.05. The van der Waals surface area contributed by atoms with Crippen LogP contribution in [0.25, 0.3) is 0 Å². The van der Waals surface area contributed by atoms with Crippen molar-refractivity contribution < 1.29 is 15.3 Å². The molecule has 31 heavy (non-hydrogen) atoms. The summed E-state index contributed by atoms with van der Waals surface area (Å²) >= 11 is 0. The maximum absolute atomic E-state index is 11.6. The maximum Gasteiger partial charge on any atom is 0.102 e. The fourth-order valence-corrected chi connectivity index (χ4v) is 8.16. The lowest BCUT2D eigenvalue weighted by atomic mass is 9.45. The predicted molar refractivity (Wildman–Crippen MR) is 126 cm³/mol. The van der Waals surface area contributed by atoms with Gasteiger partial charge < -0.3 is 15.3 Å². The molecule has 0 aromatic rings. The third kappa shape index (κ3) is 3.49. The minimum atomic E-state index is -1.20. The normalized spacial score (nSPS) is 49.4. The van der Waals surface area contributed by atoms with Gasteiger partial charge in [0.15, 0.2) is 0 Å². The summed E-state index contributed by atoms with van der Waals surface area (Å²) in [4.78, 5) is 0. The second-order valence-electron chi connectivity index (χ2n) is 12.5. The topological polar surface area (TPSA) is 60.7 Å². The van der Waals surface area contributed by atoms with Gasteiger partial charge in [0, 0.05) is 11.8 Å². The molecule has 3 nitrogen and oxygen atoms in total. The third-order valence-corrected chi connectivity index (χ3v) is 10.7. The lowest BCUT2D eigenvalue weighted by Gasteiger charge is -2.62. The largest absolute Gasteiger partial charge is 0.393 e. The van der Waals surface area contributed by atoms with Crippen molar-refractivity contribution in [3.8, 4) is 0 Å². The van der Waals surface area contributed by atoms with E-state index in [2.05, 4.69) is 53.7 Å². The Labute approximate surface area is 190 Å². The standard InChI is InChI=1S/C28H46O3/c1-17(2)18(3)7-8-19(4)22-9-10-23-21-15-25(30)28(31)16-20(29)11-14-27(28,6)24(21)12-13-26(22,23)5/h7-8,15,17-20,22-25,29-31H,9-14,16H2,1-6H3/b8-7+/t18-,19+,20+,22-,23+,24+,25-,26-,27+,28-/m0/s1. The first kappa shape index (κ1) is 23.5. The molecule has 0 bridgehead atoms. The van der Waals surface area contributed by atoms with Crippen molar-refractivity contribution in [3.63, 3.8) is 0 Å². The Morgan fingerprint density at radius 2 is 1.65 bits per heavy atom. The van der Waals surface area contributed by atoms with Crippen molar-refractivity contribution >= 4 is 0 Å². The summed E-state index contributed by atoms with van der Waals surface area (Å²) in [5.41, 5.74) is 0.160. The molecule has 176 valence electrons. The van der Waals surface area contributed by atoms with Gasteiger partial charge in [-0.1, -0.05) is 65.3 Å². The Balaban J connectivity index is 1.61. The van der Waals surface area contributed by atoms with Crippen LogP contribution in [-0.2, 0) is 0 Å². The minimum Gasteiger partial charge on any atom is -0.393 e. The average molecular weight is 431 g/mol. The SMILES string of the molecule is CC(C)[C@@H](C)/C=C/[C@@H](C)[C@@H]1CC[C@@H]2C3=C[C@H](O)[C@@]4(O)C[C@H](O)CC[C@]4(C)[C@@H]3CC[C@]21C. The highest BCUT2D eigenvalue weighted by Crippen LogP contribution is 2.67. The molecule has 3 fully saturated rings. The molecule has 0 heterocycles. The molecule has 0 unspecified atom stereocenters. The molecule has 0 radical (unpaired) electrons. The first-order valence-electron chi connectivity index (χ1n) is 12.9. The van der Waals surface area contributed by atoms with Gasteiger partial charge in [0.25, 0.3) is 0 Å². The van der Waals surface area contributed by atoms with Crippen LogP contribution in [-0.4, -0.2) is 33.1 Å². The first-order chi connectivity index (χ1) is 14.4. The van der Waals surface area contributed by atoms with Crippen LogP contribution >= 0.6 is 0 Å². The fourth-order valence-electron chi connectivity index (χ4n) is 8.16. The molecular formula is C28H46O3. The second kappa shape index (κ2) is 7.99. The highest BCUT2D eigenvalue weighted by atomic mass is 16.3. The van der Waals surface area contributed by atoms with Gasteiger partial charge in [-0.05, 0) is 79.4 Å². The minimum absolute atomic E-state index is 0.271. The Morgan fingerprint density at radius 3 is 2.32 bits per heavy atom. The van der Waals surface area contributed by atoms with E-state index in [0.717, 1.165) is 19.3 Å². The summed E-state index contributed by atoms with van der Waals surface area (Å²) in [7, 11) is 0. The summed E-state index contributed by atoms with van der Waals surface area (Å²) in [6, 6.07) is 0. The van der Waals surface area contributed by atoms with Gasteiger partial charge in [0.2, 0.25) is 0 Å². The summed E-state index contributed by atoms with van der Waals surface area (Å²) in [6.45, 7) is 14.0. The van der Waals surface area contributed by atoms with E-state index in [1.54, 1.807) is 0 Å². The Morgan fingerprint density at radius 1 is 0.935 bits per heavy atom.